The van der Waals surface area contributed by atoms with Crippen molar-refractivity contribution >= 4 is 40.0 Å². The lowest BCUT2D eigenvalue weighted by atomic mass is 10.4. The summed E-state index contributed by atoms with van der Waals surface area (Å²) in [5, 5.41) is 10.3. The monoisotopic (exact) mass is 492 g/mol. The normalized spacial score (nSPS) is 11.7. The number of nitrogens with one attached hydrogen (secondary N) is 3. The Bertz CT molecular complexity index is 792. The van der Waals surface area contributed by atoms with Gasteiger partial charge in [0, 0.05) is 32.9 Å². The number of halogens is 1. The maximum absolute atomic E-state index is 12.1. The molecule has 144 valence electrons. The zero-order valence-electron chi connectivity index (χ0n) is 14.8. The fourth-order valence-corrected chi connectivity index (χ4v) is 3.16. The minimum Gasteiger partial charge on any atom is -0.357 e. The molecule has 26 heavy (non-hydrogen) atoms. The fraction of sp³-hybridized carbons (Fsp3) is 0.375. The highest BCUT2D eigenvalue weighted by Gasteiger charge is 2.12. The maximum Gasteiger partial charge on any atom is 0.240 e. The molecule has 0 amide bonds. The van der Waals surface area contributed by atoms with E-state index in [0.717, 1.165) is 5.69 Å². The van der Waals surface area contributed by atoms with Crippen LogP contribution in [0.1, 0.15) is 12.6 Å². The lowest BCUT2D eigenvalue weighted by Crippen LogP contribution is -2.41. The minimum atomic E-state index is -3.49. The number of aromatic nitrogens is 2. The van der Waals surface area contributed by atoms with Gasteiger partial charge in [0.25, 0.3) is 0 Å². The summed E-state index contributed by atoms with van der Waals surface area (Å²) in [7, 11) is -1.62. The Kier molecular flexibility index (Phi) is 9.59. The Hall–Kier alpha value is -1.66. The summed E-state index contributed by atoms with van der Waals surface area (Å²) in [6.07, 6.45) is 1.73. The fourth-order valence-electron chi connectivity index (χ4n) is 2.11. The summed E-state index contributed by atoms with van der Waals surface area (Å²) >= 11 is 0. The van der Waals surface area contributed by atoms with Crippen molar-refractivity contribution in [2.75, 3.05) is 19.6 Å². The molecule has 1 heterocycles. The highest BCUT2D eigenvalue weighted by atomic mass is 127. The van der Waals surface area contributed by atoms with Gasteiger partial charge in [-0.3, -0.25) is 4.68 Å². The molecule has 0 unspecified atom stereocenters. The molecular weight excluding hydrogens is 467 g/mol. The van der Waals surface area contributed by atoms with Crippen LogP contribution in [0.3, 0.4) is 0 Å². The smallest absolute Gasteiger partial charge is 0.240 e. The number of guanidine groups is 1. The minimum absolute atomic E-state index is 0. The third-order valence-corrected chi connectivity index (χ3v) is 4.91. The first kappa shape index (κ1) is 22.4. The first-order chi connectivity index (χ1) is 12.0. The molecule has 0 aliphatic heterocycles. The molecule has 1 aromatic carbocycles. The van der Waals surface area contributed by atoms with E-state index in [4.69, 9.17) is 0 Å². The Morgan fingerprint density at radius 1 is 1.15 bits per heavy atom. The standard InChI is InChI=1S/C16H24N6O2S.HI/c1-3-17-16(19-13-14-9-10-20-22(14)2)18-11-12-21-25(23,24)15-7-5-4-6-8-15;/h4-10,21H,3,11-13H2,1-2H3,(H2,17,18,19);1H. The van der Waals surface area contributed by atoms with E-state index in [1.54, 1.807) is 41.2 Å². The number of nitrogens with zero attached hydrogens (tertiary/aromatic N) is 3. The second-order valence-corrected chi connectivity index (χ2v) is 7.05. The molecule has 2 rings (SSSR count). The molecule has 0 spiro atoms. The first-order valence-corrected chi connectivity index (χ1v) is 9.55. The number of rotatable bonds is 8. The van der Waals surface area contributed by atoms with E-state index < -0.39 is 10.0 Å². The van der Waals surface area contributed by atoms with E-state index in [2.05, 4.69) is 25.4 Å². The molecule has 0 aliphatic rings. The van der Waals surface area contributed by atoms with Crippen molar-refractivity contribution in [1.82, 2.24) is 25.1 Å². The van der Waals surface area contributed by atoms with Gasteiger partial charge in [-0.2, -0.15) is 5.10 Å². The van der Waals surface area contributed by atoms with Gasteiger partial charge in [0.1, 0.15) is 0 Å². The number of aryl methyl sites for hydroxylation is 1. The first-order valence-electron chi connectivity index (χ1n) is 8.06. The second kappa shape index (κ2) is 11.1. The number of hydrogen-bond acceptors (Lipinski definition) is 4. The highest BCUT2D eigenvalue weighted by molar-refractivity contribution is 14.0. The molecule has 0 saturated carbocycles. The molecule has 0 radical (unpaired) electrons. The van der Waals surface area contributed by atoms with Crippen molar-refractivity contribution < 1.29 is 8.42 Å². The Morgan fingerprint density at radius 3 is 2.50 bits per heavy atom. The predicted molar refractivity (Wildman–Crippen MR) is 113 cm³/mol. The van der Waals surface area contributed by atoms with Crippen LogP contribution in [-0.2, 0) is 23.6 Å². The van der Waals surface area contributed by atoms with E-state index in [0.29, 0.717) is 25.6 Å². The van der Waals surface area contributed by atoms with Crippen LogP contribution in [0, 0.1) is 0 Å². The van der Waals surface area contributed by atoms with Gasteiger partial charge in [-0.05, 0) is 25.1 Å². The molecule has 3 N–H and O–H groups in total. The topological polar surface area (TPSA) is 100 Å². The van der Waals surface area contributed by atoms with Crippen molar-refractivity contribution in [2.24, 2.45) is 12.0 Å². The van der Waals surface area contributed by atoms with Crippen LogP contribution in [0.4, 0.5) is 0 Å². The lowest BCUT2D eigenvalue weighted by Gasteiger charge is -2.12. The zero-order valence-corrected chi connectivity index (χ0v) is 18.0. The summed E-state index contributed by atoms with van der Waals surface area (Å²) in [5.74, 6) is 0.627. The Morgan fingerprint density at radius 2 is 1.88 bits per heavy atom. The average molecular weight is 492 g/mol. The van der Waals surface area contributed by atoms with Crippen LogP contribution < -0.4 is 15.4 Å². The van der Waals surface area contributed by atoms with Crippen molar-refractivity contribution in [1.29, 1.82) is 0 Å². The molecule has 0 aliphatic carbocycles. The predicted octanol–water partition coefficient (Wildman–Crippen LogP) is 1.07. The van der Waals surface area contributed by atoms with E-state index in [1.165, 1.54) is 0 Å². The molecule has 1 aromatic heterocycles. The van der Waals surface area contributed by atoms with Crippen molar-refractivity contribution in [3.05, 3.63) is 48.3 Å². The number of benzene rings is 1. The largest absolute Gasteiger partial charge is 0.357 e. The van der Waals surface area contributed by atoms with E-state index >= 15 is 0 Å². The van der Waals surface area contributed by atoms with Crippen molar-refractivity contribution in [3.63, 3.8) is 0 Å². The Labute approximate surface area is 171 Å². The van der Waals surface area contributed by atoms with Gasteiger partial charge in [0.15, 0.2) is 5.96 Å². The number of aliphatic imine (C=N–C) groups is 1. The summed E-state index contributed by atoms with van der Waals surface area (Å²) in [6, 6.07) is 10.2. The van der Waals surface area contributed by atoms with Gasteiger partial charge < -0.3 is 10.6 Å². The average Bonchev–Trinajstić information content (AvgIpc) is 3.02. The third kappa shape index (κ3) is 6.92. The van der Waals surface area contributed by atoms with E-state index in [9.17, 15) is 8.42 Å². The lowest BCUT2D eigenvalue weighted by molar-refractivity contribution is 0.580. The SMILES string of the molecule is CCNC(=NCc1ccnn1C)NCCNS(=O)(=O)c1ccccc1.I. The summed E-state index contributed by atoms with van der Waals surface area (Å²) in [6.45, 7) is 3.85. The summed E-state index contributed by atoms with van der Waals surface area (Å²) in [5.41, 5.74) is 0.988. The van der Waals surface area contributed by atoms with Crippen molar-refractivity contribution in [3.8, 4) is 0 Å². The molecule has 0 bridgehead atoms. The van der Waals surface area contributed by atoms with Crippen LogP contribution in [0.25, 0.3) is 0 Å². The quantitative estimate of drug-likeness (QED) is 0.222. The van der Waals surface area contributed by atoms with E-state index in [-0.39, 0.29) is 35.4 Å². The van der Waals surface area contributed by atoms with E-state index in [1.807, 2.05) is 20.0 Å². The molecular formula is C16H25IN6O2S. The van der Waals surface area contributed by atoms with Gasteiger partial charge in [-0.25, -0.2) is 18.1 Å². The molecule has 10 heteroatoms. The maximum atomic E-state index is 12.1. The van der Waals surface area contributed by atoms with Crippen LogP contribution in [-0.4, -0.2) is 43.8 Å². The second-order valence-electron chi connectivity index (χ2n) is 5.28. The van der Waals surface area contributed by atoms with Gasteiger partial charge in [0.2, 0.25) is 10.0 Å². The number of hydrogen-bond donors (Lipinski definition) is 3. The summed E-state index contributed by atoms with van der Waals surface area (Å²) in [4.78, 5) is 4.72. The number of sulfonamides is 1. The molecule has 2 aromatic rings. The van der Waals surface area contributed by atoms with Crippen LogP contribution >= 0.6 is 24.0 Å². The molecule has 8 nitrogen and oxygen atoms in total. The molecule has 0 atom stereocenters. The van der Waals surface area contributed by atoms with Crippen LogP contribution in [0.5, 0.6) is 0 Å². The zero-order chi connectivity index (χ0) is 18.1. The molecule has 0 saturated heterocycles. The van der Waals surface area contributed by atoms with Crippen LogP contribution in [0.15, 0.2) is 52.5 Å². The van der Waals surface area contributed by atoms with Gasteiger partial charge in [0.05, 0.1) is 17.1 Å². The third-order valence-electron chi connectivity index (χ3n) is 3.43. The van der Waals surface area contributed by atoms with Gasteiger partial charge in [-0.1, -0.05) is 18.2 Å². The highest BCUT2D eigenvalue weighted by Crippen LogP contribution is 2.06. The van der Waals surface area contributed by atoms with Gasteiger partial charge in [-0.15, -0.1) is 24.0 Å². The van der Waals surface area contributed by atoms with Gasteiger partial charge >= 0.3 is 0 Å². The summed E-state index contributed by atoms with van der Waals surface area (Å²) < 4.78 is 28.6. The molecule has 0 fully saturated rings. The van der Waals surface area contributed by atoms with Crippen LogP contribution in [0.2, 0.25) is 0 Å². The Balaban J connectivity index is 0.00000338. The van der Waals surface area contributed by atoms with Crippen molar-refractivity contribution in [2.45, 2.75) is 18.4 Å².